The number of halogens is 1. The van der Waals surface area contributed by atoms with Crippen LogP contribution in [0.3, 0.4) is 0 Å². The summed E-state index contributed by atoms with van der Waals surface area (Å²) in [6.45, 7) is 0. The van der Waals surface area contributed by atoms with E-state index in [-0.39, 0.29) is 15.6 Å². The van der Waals surface area contributed by atoms with Crippen molar-refractivity contribution in [2.24, 2.45) is 0 Å². The Bertz CT molecular complexity index is 604. The quantitative estimate of drug-likeness (QED) is 0.853. The standard InChI is InChI=1S/C9H8ClN3O2S/c10-6-1-3-7(4-2-6)16(14,15)8-5-12-13-9(8)11/h1-5H,(H3,11,12,13). The summed E-state index contributed by atoms with van der Waals surface area (Å²) in [5.41, 5.74) is 5.47. The zero-order valence-electron chi connectivity index (χ0n) is 8.01. The molecule has 0 atom stereocenters. The molecule has 2 aromatic rings. The summed E-state index contributed by atoms with van der Waals surface area (Å²) < 4.78 is 24.1. The molecule has 1 aromatic heterocycles. The average molecular weight is 258 g/mol. The van der Waals surface area contributed by atoms with E-state index >= 15 is 0 Å². The molecule has 1 aromatic carbocycles. The van der Waals surface area contributed by atoms with Gasteiger partial charge in [-0.3, -0.25) is 5.10 Å². The van der Waals surface area contributed by atoms with Gasteiger partial charge < -0.3 is 5.73 Å². The maximum atomic E-state index is 12.0. The van der Waals surface area contributed by atoms with Crippen LogP contribution < -0.4 is 5.73 Å². The van der Waals surface area contributed by atoms with Gasteiger partial charge in [0.25, 0.3) is 0 Å². The summed E-state index contributed by atoms with van der Waals surface area (Å²) in [6, 6.07) is 5.85. The molecule has 0 saturated carbocycles. The molecule has 0 aliphatic heterocycles. The van der Waals surface area contributed by atoms with E-state index in [1.807, 2.05) is 0 Å². The number of aromatic amines is 1. The summed E-state index contributed by atoms with van der Waals surface area (Å²) in [5, 5.41) is 6.43. The van der Waals surface area contributed by atoms with Gasteiger partial charge in [-0.05, 0) is 24.3 Å². The molecule has 0 unspecified atom stereocenters. The number of nitrogens with two attached hydrogens (primary N) is 1. The number of rotatable bonds is 2. The fourth-order valence-corrected chi connectivity index (χ4v) is 2.64. The van der Waals surface area contributed by atoms with Gasteiger partial charge in [0.15, 0.2) is 0 Å². The molecule has 5 nitrogen and oxygen atoms in total. The molecule has 84 valence electrons. The van der Waals surface area contributed by atoms with Gasteiger partial charge in [0.2, 0.25) is 9.84 Å². The third-order valence-corrected chi connectivity index (χ3v) is 4.09. The van der Waals surface area contributed by atoms with E-state index in [0.717, 1.165) is 0 Å². The van der Waals surface area contributed by atoms with Gasteiger partial charge in [0.1, 0.15) is 10.7 Å². The van der Waals surface area contributed by atoms with Crippen LogP contribution in [0, 0.1) is 0 Å². The molecule has 0 aliphatic rings. The molecular weight excluding hydrogens is 250 g/mol. The Kier molecular flexibility index (Phi) is 2.61. The maximum Gasteiger partial charge on any atom is 0.211 e. The van der Waals surface area contributed by atoms with E-state index in [9.17, 15) is 8.42 Å². The average Bonchev–Trinajstić information content (AvgIpc) is 2.66. The van der Waals surface area contributed by atoms with Crippen molar-refractivity contribution in [2.45, 2.75) is 9.79 Å². The Morgan fingerprint density at radius 1 is 1.25 bits per heavy atom. The van der Waals surface area contributed by atoms with Crippen molar-refractivity contribution in [1.29, 1.82) is 0 Å². The highest BCUT2D eigenvalue weighted by atomic mass is 35.5. The summed E-state index contributed by atoms with van der Waals surface area (Å²) in [6.07, 6.45) is 1.18. The van der Waals surface area contributed by atoms with Crippen LogP contribution in [0.4, 0.5) is 5.82 Å². The number of nitrogens with zero attached hydrogens (tertiary/aromatic N) is 1. The van der Waals surface area contributed by atoms with Gasteiger partial charge in [-0.25, -0.2) is 8.42 Å². The molecule has 2 rings (SSSR count). The van der Waals surface area contributed by atoms with Gasteiger partial charge in [0, 0.05) is 5.02 Å². The van der Waals surface area contributed by atoms with Gasteiger partial charge >= 0.3 is 0 Å². The molecule has 0 bridgehead atoms. The second-order valence-electron chi connectivity index (χ2n) is 3.11. The largest absolute Gasteiger partial charge is 0.383 e. The van der Waals surface area contributed by atoms with E-state index in [0.29, 0.717) is 5.02 Å². The van der Waals surface area contributed by atoms with E-state index in [1.54, 1.807) is 0 Å². The Morgan fingerprint density at radius 3 is 2.38 bits per heavy atom. The van der Waals surface area contributed by atoms with Crippen molar-refractivity contribution in [3.05, 3.63) is 35.5 Å². The Labute approximate surface area is 97.2 Å². The molecule has 16 heavy (non-hydrogen) atoms. The minimum Gasteiger partial charge on any atom is -0.383 e. The fourth-order valence-electron chi connectivity index (χ4n) is 1.24. The third-order valence-electron chi connectivity index (χ3n) is 2.05. The molecule has 0 radical (unpaired) electrons. The third kappa shape index (κ3) is 1.77. The topological polar surface area (TPSA) is 88.8 Å². The van der Waals surface area contributed by atoms with E-state index in [4.69, 9.17) is 17.3 Å². The van der Waals surface area contributed by atoms with Crippen molar-refractivity contribution in [1.82, 2.24) is 10.2 Å². The van der Waals surface area contributed by atoms with Crippen LogP contribution in [0.1, 0.15) is 0 Å². The second kappa shape index (κ2) is 3.80. The lowest BCUT2D eigenvalue weighted by molar-refractivity contribution is 0.596. The van der Waals surface area contributed by atoms with Gasteiger partial charge in [0.05, 0.1) is 11.1 Å². The normalized spacial score (nSPS) is 11.6. The fraction of sp³-hybridized carbons (Fsp3) is 0. The second-order valence-corrected chi connectivity index (χ2v) is 5.46. The molecule has 0 spiro atoms. The van der Waals surface area contributed by atoms with Crippen LogP contribution in [-0.4, -0.2) is 18.6 Å². The number of H-pyrrole nitrogens is 1. The van der Waals surface area contributed by atoms with E-state index in [1.165, 1.54) is 30.5 Å². The first-order valence-corrected chi connectivity index (χ1v) is 6.17. The summed E-state index contributed by atoms with van der Waals surface area (Å²) in [5.74, 6) is 0.0231. The van der Waals surface area contributed by atoms with Crippen molar-refractivity contribution in [3.63, 3.8) is 0 Å². The Balaban J connectivity index is 2.56. The van der Waals surface area contributed by atoms with E-state index in [2.05, 4.69) is 10.2 Å². The van der Waals surface area contributed by atoms with E-state index < -0.39 is 9.84 Å². The molecular formula is C9H8ClN3O2S. The highest BCUT2D eigenvalue weighted by Gasteiger charge is 2.21. The number of hydrogen-bond donors (Lipinski definition) is 2. The number of hydrogen-bond acceptors (Lipinski definition) is 4. The number of nitrogens with one attached hydrogen (secondary N) is 1. The number of sulfone groups is 1. The van der Waals surface area contributed by atoms with Crippen LogP contribution in [0.15, 0.2) is 40.3 Å². The van der Waals surface area contributed by atoms with Crippen LogP contribution >= 0.6 is 11.6 Å². The molecule has 7 heteroatoms. The first-order chi connectivity index (χ1) is 7.51. The van der Waals surface area contributed by atoms with Crippen molar-refractivity contribution in [2.75, 3.05) is 5.73 Å². The van der Waals surface area contributed by atoms with Gasteiger partial charge in [-0.15, -0.1) is 0 Å². The summed E-state index contributed by atoms with van der Waals surface area (Å²) >= 11 is 5.68. The molecule has 0 amide bonds. The molecule has 0 saturated heterocycles. The van der Waals surface area contributed by atoms with Crippen molar-refractivity contribution < 1.29 is 8.42 Å². The predicted molar refractivity (Wildman–Crippen MR) is 59.9 cm³/mol. The number of nitrogen functional groups attached to an aromatic ring is 1. The minimum absolute atomic E-state index is 0.0231. The molecule has 1 heterocycles. The summed E-state index contributed by atoms with van der Waals surface area (Å²) in [4.78, 5) is 0.0971. The molecule has 0 aliphatic carbocycles. The lowest BCUT2D eigenvalue weighted by Gasteiger charge is -2.02. The predicted octanol–water partition coefficient (Wildman–Crippen LogP) is 1.48. The highest BCUT2D eigenvalue weighted by Crippen LogP contribution is 2.24. The lowest BCUT2D eigenvalue weighted by Crippen LogP contribution is -2.03. The Hall–Kier alpha value is -1.53. The van der Waals surface area contributed by atoms with Crippen LogP contribution in [0.5, 0.6) is 0 Å². The summed E-state index contributed by atoms with van der Waals surface area (Å²) in [7, 11) is -3.62. The van der Waals surface area contributed by atoms with Crippen LogP contribution in [0.2, 0.25) is 5.02 Å². The monoisotopic (exact) mass is 257 g/mol. The van der Waals surface area contributed by atoms with Crippen molar-refractivity contribution in [3.8, 4) is 0 Å². The first kappa shape index (κ1) is 11.0. The van der Waals surface area contributed by atoms with Crippen molar-refractivity contribution >= 4 is 27.3 Å². The van der Waals surface area contributed by atoms with Crippen LogP contribution in [0.25, 0.3) is 0 Å². The lowest BCUT2D eigenvalue weighted by atomic mass is 10.4. The molecule has 3 N–H and O–H groups in total. The molecule has 0 fully saturated rings. The zero-order valence-corrected chi connectivity index (χ0v) is 9.59. The minimum atomic E-state index is -3.62. The number of benzene rings is 1. The van der Waals surface area contributed by atoms with Crippen LogP contribution in [-0.2, 0) is 9.84 Å². The van der Waals surface area contributed by atoms with Gasteiger partial charge in [-0.2, -0.15) is 5.10 Å². The maximum absolute atomic E-state index is 12.0. The highest BCUT2D eigenvalue weighted by molar-refractivity contribution is 7.91. The zero-order chi connectivity index (χ0) is 11.8. The Morgan fingerprint density at radius 2 is 1.88 bits per heavy atom. The number of aromatic nitrogens is 2. The first-order valence-electron chi connectivity index (χ1n) is 4.31. The smallest absolute Gasteiger partial charge is 0.211 e. The SMILES string of the molecule is Nc1[nH]ncc1S(=O)(=O)c1ccc(Cl)cc1. The number of anilines is 1. The van der Waals surface area contributed by atoms with Gasteiger partial charge in [-0.1, -0.05) is 11.6 Å².